The quantitative estimate of drug-likeness (QED) is 0.871. The van der Waals surface area contributed by atoms with Crippen LogP contribution in [0.1, 0.15) is 56.4 Å². The fourth-order valence-electron chi connectivity index (χ4n) is 3.87. The number of carboxylic acids is 1. The van der Waals surface area contributed by atoms with Crippen LogP contribution in [0.15, 0.2) is 18.2 Å². The Hall–Kier alpha value is -1.98. The van der Waals surface area contributed by atoms with Crippen molar-refractivity contribution in [3.63, 3.8) is 0 Å². The van der Waals surface area contributed by atoms with E-state index in [2.05, 4.69) is 5.32 Å². The molecular weight excluding hydrogens is 328 g/mol. The number of hydrogen-bond acceptors (Lipinski definition) is 2. The summed E-state index contributed by atoms with van der Waals surface area (Å²) in [5, 5.41) is 12.3. The molecule has 0 bridgehead atoms. The molecule has 4 nitrogen and oxygen atoms in total. The van der Waals surface area contributed by atoms with Gasteiger partial charge in [-0.15, -0.1) is 0 Å². The van der Waals surface area contributed by atoms with Crippen LogP contribution in [0.3, 0.4) is 0 Å². The molecule has 0 aliphatic heterocycles. The fourth-order valence-corrected chi connectivity index (χ4v) is 3.87. The Labute approximate surface area is 145 Å². The van der Waals surface area contributed by atoms with Crippen molar-refractivity contribution in [2.75, 3.05) is 0 Å². The van der Waals surface area contributed by atoms with Crippen LogP contribution in [0, 0.1) is 23.5 Å². The lowest BCUT2D eigenvalue weighted by atomic mass is 9.86. The molecule has 2 saturated carbocycles. The third-order valence-electron chi connectivity index (χ3n) is 5.40. The number of carboxylic acid groups (broad SMARTS) is 1. The Kier molecular flexibility index (Phi) is 5.35. The molecule has 6 heteroatoms. The van der Waals surface area contributed by atoms with Crippen molar-refractivity contribution in [2.24, 2.45) is 11.8 Å². The van der Waals surface area contributed by atoms with E-state index in [0.717, 1.165) is 31.7 Å². The van der Waals surface area contributed by atoms with Crippen molar-refractivity contribution in [3.05, 3.63) is 35.4 Å². The van der Waals surface area contributed by atoms with Gasteiger partial charge in [-0.05, 0) is 36.8 Å². The van der Waals surface area contributed by atoms with Crippen molar-refractivity contribution in [3.8, 4) is 0 Å². The first kappa shape index (κ1) is 17.8. The van der Waals surface area contributed by atoms with Gasteiger partial charge in [-0.1, -0.05) is 31.7 Å². The molecule has 1 amide bonds. The third-order valence-corrected chi connectivity index (χ3v) is 5.40. The van der Waals surface area contributed by atoms with Gasteiger partial charge >= 0.3 is 5.97 Å². The van der Waals surface area contributed by atoms with Gasteiger partial charge in [0.15, 0.2) is 0 Å². The van der Waals surface area contributed by atoms with Gasteiger partial charge in [0.2, 0.25) is 5.91 Å². The number of carbonyl (C=O) groups excluding carboxylic acids is 1. The summed E-state index contributed by atoms with van der Waals surface area (Å²) in [5.41, 5.74) is 0.356. The van der Waals surface area contributed by atoms with Crippen LogP contribution in [0.2, 0.25) is 0 Å². The minimum atomic E-state index is -0.871. The molecule has 0 radical (unpaired) electrons. The van der Waals surface area contributed by atoms with Crippen LogP contribution >= 0.6 is 0 Å². The van der Waals surface area contributed by atoms with Crippen molar-refractivity contribution in [2.45, 2.75) is 56.9 Å². The number of rotatable bonds is 4. The topological polar surface area (TPSA) is 66.4 Å². The van der Waals surface area contributed by atoms with Gasteiger partial charge in [0.25, 0.3) is 0 Å². The predicted molar refractivity (Wildman–Crippen MR) is 88.0 cm³/mol. The minimum absolute atomic E-state index is 0.217. The van der Waals surface area contributed by atoms with E-state index >= 15 is 0 Å². The highest BCUT2D eigenvalue weighted by Crippen LogP contribution is 2.48. The van der Waals surface area contributed by atoms with Gasteiger partial charge in [-0.2, -0.15) is 0 Å². The third kappa shape index (κ3) is 4.17. The average molecular weight is 351 g/mol. The van der Waals surface area contributed by atoms with Crippen LogP contribution in [0.5, 0.6) is 0 Å². The number of halogens is 2. The standard InChI is InChI=1S/C19H23F2NO3/c20-11-7-8-12(16(21)9-11)14-10-15(14)18(23)22-17-6-4-2-1-3-5-13(17)19(24)25/h7-9,13-15,17H,1-6,10H2,(H,22,23)(H,24,25). The van der Waals surface area contributed by atoms with Gasteiger partial charge in [-0.25, -0.2) is 8.78 Å². The van der Waals surface area contributed by atoms with Crippen molar-refractivity contribution < 1.29 is 23.5 Å². The molecule has 4 unspecified atom stereocenters. The second kappa shape index (κ2) is 7.50. The first-order valence-corrected chi connectivity index (χ1v) is 8.95. The lowest BCUT2D eigenvalue weighted by Crippen LogP contribution is -2.44. The highest BCUT2D eigenvalue weighted by molar-refractivity contribution is 5.84. The minimum Gasteiger partial charge on any atom is -0.481 e. The second-order valence-corrected chi connectivity index (χ2v) is 7.17. The van der Waals surface area contributed by atoms with Gasteiger partial charge < -0.3 is 10.4 Å². The van der Waals surface area contributed by atoms with Crippen LogP contribution in [-0.4, -0.2) is 23.0 Å². The van der Waals surface area contributed by atoms with Gasteiger partial charge in [0.05, 0.1) is 5.92 Å². The number of carbonyl (C=O) groups is 2. The number of hydrogen-bond donors (Lipinski definition) is 2. The van der Waals surface area contributed by atoms with E-state index in [9.17, 15) is 23.5 Å². The molecule has 1 aromatic rings. The molecule has 0 spiro atoms. The predicted octanol–water partition coefficient (Wildman–Crippen LogP) is 3.61. The molecule has 25 heavy (non-hydrogen) atoms. The maximum absolute atomic E-state index is 13.9. The highest BCUT2D eigenvalue weighted by Gasteiger charge is 2.46. The van der Waals surface area contributed by atoms with Crippen molar-refractivity contribution >= 4 is 11.9 Å². The Morgan fingerprint density at radius 3 is 2.44 bits per heavy atom. The van der Waals surface area contributed by atoms with E-state index in [1.807, 2.05) is 0 Å². The first-order valence-electron chi connectivity index (χ1n) is 8.95. The molecule has 2 aliphatic rings. The monoisotopic (exact) mass is 351 g/mol. The van der Waals surface area contributed by atoms with E-state index in [0.29, 0.717) is 24.8 Å². The lowest BCUT2D eigenvalue weighted by Gasteiger charge is -2.27. The summed E-state index contributed by atoms with van der Waals surface area (Å²) in [7, 11) is 0. The van der Waals surface area contributed by atoms with Crippen LogP contribution in [-0.2, 0) is 9.59 Å². The molecule has 0 aromatic heterocycles. The summed E-state index contributed by atoms with van der Waals surface area (Å²) >= 11 is 0. The molecule has 0 heterocycles. The zero-order valence-corrected chi connectivity index (χ0v) is 14.0. The molecule has 3 rings (SSSR count). The van der Waals surface area contributed by atoms with Crippen molar-refractivity contribution in [1.29, 1.82) is 0 Å². The van der Waals surface area contributed by atoms with E-state index in [-0.39, 0.29) is 23.8 Å². The van der Waals surface area contributed by atoms with Crippen LogP contribution in [0.4, 0.5) is 8.78 Å². The Morgan fingerprint density at radius 2 is 1.76 bits per heavy atom. The van der Waals surface area contributed by atoms with Gasteiger partial charge in [-0.3, -0.25) is 9.59 Å². The van der Waals surface area contributed by atoms with E-state index < -0.39 is 23.5 Å². The summed E-state index contributed by atoms with van der Waals surface area (Å²) in [5.74, 6) is -3.53. The van der Waals surface area contributed by atoms with Crippen LogP contribution < -0.4 is 5.32 Å². The molecule has 2 aliphatic carbocycles. The number of aliphatic carboxylic acids is 1. The van der Waals surface area contributed by atoms with E-state index in [1.54, 1.807) is 0 Å². The molecule has 1 aromatic carbocycles. The average Bonchev–Trinajstić information content (AvgIpc) is 3.30. The maximum Gasteiger partial charge on any atom is 0.308 e. The number of benzene rings is 1. The molecule has 2 fully saturated rings. The number of amides is 1. The zero-order valence-electron chi connectivity index (χ0n) is 14.0. The van der Waals surface area contributed by atoms with Gasteiger partial charge in [0, 0.05) is 18.0 Å². The maximum atomic E-state index is 13.9. The largest absolute Gasteiger partial charge is 0.481 e. The zero-order chi connectivity index (χ0) is 18.0. The van der Waals surface area contributed by atoms with Crippen LogP contribution in [0.25, 0.3) is 0 Å². The normalized spacial score (nSPS) is 29.4. The smallest absolute Gasteiger partial charge is 0.308 e. The Bertz CT molecular complexity index is 664. The molecule has 4 atom stereocenters. The Balaban J connectivity index is 1.64. The SMILES string of the molecule is O=C(O)C1CCCCCCC1NC(=O)C1CC1c1ccc(F)cc1F. The summed E-state index contributed by atoms with van der Waals surface area (Å²) in [6.07, 6.45) is 5.57. The first-order chi connectivity index (χ1) is 12.0. The summed E-state index contributed by atoms with van der Waals surface area (Å²) < 4.78 is 26.9. The summed E-state index contributed by atoms with van der Waals surface area (Å²) in [6, 6.07) is 3.04. The molecular formula is C19H23F2NO3. The lowest BCUT2D eigenvalue weighted by molar-refractivity contribution is -0.143. The van der Waals surface area contributed by atoms with Crippen molar-refractivity contribution in [1.82, 2.24) is 5.32 Å². The molecule has 136 valence electrons. The van der Waals surface area contributed by atoms with E-state index in [4.69, 9.17) is 0 Å². The summed E-state index contributed by atoms with van der Waals surface area (Å²) in [6.45, 7) is 0. The number of nitrogens with one attached hydrogen (secondary N) is 1. The fraction of sp³-hybridized carbons (Fsp3) is 0.579. The summed E-state index contributed by atoms with van der Waals surface area (Å²) in [4.78, 5) is 24.0. The second-order valence-electron chi connectivity index (χ2n) is 7.17. The molecule has 0 saturated heterocycles. The Morgan fingerprint density at radius 1 is 1.04 bits per heavy atom. The highest BCUT2D eigenvalue weighted by atomic mass is 19.1. The van der Waals surface area contributed by atoms with E-state index in [1.165, 1.54) is 12.1 Å². The van der Waals surface area contributed by atoms with Gasteiger partial charge in [0.1, 0.15) is 11.6 Å². The molecule has 2 N–H and O–H groups in total.